The minimum atomic E-state index is -4.50. The molecule has 28 heavy (non-hydrogen) atoms. The number of fused-ring (bicyclic) bond motifs is 1. The highest BCUT2D eigenvalue weighted by Gasteiger charge is 2.36. The lowest BCUT2D eigenvalue weighted by Crippen LogP contribution is -2.39. The fraction of sp³-hybridized carbons (Fsp3) is 0.450. The molecule has 3 rings (SSSR count). The van der Waals surface area contributed by atoms with E-state index in [0.29, 0.717) is 36.1 Å². The maximum absolute atomic E-state index is 13.0. The van der Waals surface area contributed by atoms with Gasteiger partial charge in [0.1, 0.15) is 5.69 Å². The Morgan fingerprint density at radius 2 is 2.07 bits per heavy atom. The Morgan fingerprint density at radius 3 is 2.71 bits per heavy atom. The van der Waals surface area contributed by atoms with Crippen molar-refractivity contribution in [2.45, 2.75) is 38.5 Å². The van der Waals surface area contributed by atoms with Gasteiger partial charge in [-0.3, -0.25) is 14.8 Å². The molecule has 2 aromatic heterocycles. The number of pyridine rings is 2. The third-order valence-corrected chi connectivity index (χ3v) is 4.92. The van der Waals surface area contributed by atoms with Crippen molar-refractivity contribution in [3.63, 3.8) is 0 Å². The largest absolute Gasteiger partial charge is 0.433 e. The van der Waals surface area contributed by atoms with Crippen LogP contribution in [0.1, 0.15) is 41.8 Å². The van der Waals surface area contributed by atoms with Gasteiger partial charge in [0.2, 0.25) is 5.91 Å². The standard InChI is InChI=1S/C20H22F3N3O2/c1-2-6-26(12-17(27)13-4-3-5-24-10-13)19(28)15-7-14-9-18(20(21,22)23)25-11-16(14)8-15/h3-5,9-11,15,17,27H,2,6-8,12H2,1H3. The summed E-state index contributed by atoms with van der Waals surface area (Å²) in [6.07, 6.45) is 0.334. The predicted octanol–water partition coefficient (Wildman–Crippen LogP) is 3.18. The summed E-state index contributed by atoms with van der Waals surface area (Å²) in [4.78, 5) is 22.1. The Morgan fingerprint density at radius 1 is 1.32 bits per heavy atom. The van der Waals surface area contributed by atoms with Gasteiger partial charge < -0.3 is 10.0 Å². The van der Waals surface area contributed by atoms with Gasteiger partial charge in [-0.2, -0.15) is 13.2 Å². The number of nitrogens with zero attached hydrogens (tertiary/aromatic N) is 3. The van der Waals surface area contributed by atoms with Gasteiger partial charge >= 0.3 is 6.18 Å². The number of carbonyl (C=O) groups is 1. The number of hydrogen-bond acceptors (Lipinski definition) is 4. The molecule has 0 spiro atoms. The van der Waals surface area contributed by atoms with E-state index in [1.807, 2.05) is 6.92 Å². The van der Waals surface area contributed by atoms with Crippen LogP contribution in [0.25, 0.3) is 0 Å². The maximum atomic E-state index is 13.0. The van der Waals surface area contributed by atoms with Crippen LogP contribution in [0.4, 0.5) is 13.2 Å². The van der Waals surface area contributed by atoms with Crippen LogP contribution in [0.15, 0.2) is 36.8 Å². The van der Waals surface area contributed by atoms with Gasteiger partial charge in [-0.1, -0.05) is 13.0 Å². The van der Waals surface area contributed by atoms with Crippen LogP contribution in [0, 0.1) is 5.92 Å². The normalized spacial score (nSPS) is 17.2. The van der Waals surface area contributed by atoms with Gasteiger partial charge in [0.15, 0.2) is 0 Å². The van der Waals surface area contributed by atoms with E-state index >= 15 is 0 Å². The fourth-order valence-electron chi connectivity index (χ4n) is 3.54. The molecule has 0 saturated heterocycles. The van der Waals surface area contributed by atoms with Crippen LogP contribution in [0.2, 0.25) is 0 Å². The molecule has 5 nitrogen and oxygen atoms in total. The Labute approximate surface area is 161 Å². The topological polar surface area (TPSA) is 66.3 Å². The number of aromatic nitrogens is 2. The molecule has 8 heteroatoms. The Kier molecular flexibility index (Phi) is 5.98. The van der Waals surface area contributed by atoms with E-state index in [2.05, 4.69) is 9.97 Å². The molecule has 0 aliphatic heterocycles. The highest BCUT2D eigenvalue weighted by atomic mass is 19.4. The maximum Gasteiger partial charge on any atom is 0.433 e. The van der Waals surface area contributed by atoms with Gasteiger partial charge in [0, 0.05) is 36.6 Å². The number of alkyl halides is 3. The molecule has 2 aromatic rings. The van der Waals surface area contributed by atoms with Crippen LogP contribution in [0.3, 0.4) is 0 Å². The first-order valence-corrected chi connectivity index (χ1v) is 9.21. The molecule has 150 valence electrons. The summed E-state index contributed by atoms with van der Waals surface area (Å²) < 4.78 is 38.6. The van der Waals surface area contributed by atoms with Gasteiger partial charge in [0.25, 0.3) is 0 Å². The zero-order valence-corrected chi connectivity index (χ0v) is 15.5. The smallest absolute Gasteiger partial charge is 0.386 e. The molecule has 1 aliphatic rings. The molecular weight excluding hydrogens is 371 g/mol. The lowest BCUT2D eigenvalue weighted by Gasteiger charge is -2.27. The number of carbonyl (C=O) groups excluding carboxylic acids is 1. The van der Waals surface area contributed by atoms with E-state index in [9.17, 15) is 23.1 Å². The first kappa shape index (κ1) is 20.3. The zero-order valence-electron chi connectivity index (χ0n) is 15.5. The molecule has 1 amide bonds. The zero-order chi connectivity index (χ0) is 20.3. The SMILES string of the molecule is CCCN(CC(O)c1cccnc1)C(=O)C1Cc2cnc(C(F)(F)F)cc2C1. The van der Waals surface area contributed by atoms with Crippen molar-refractivity contribution in [3.05, 3.63) is 59.2 Å². The van der Waals surface area contributed by atoms with Crippen molar-refractivity contribution in [1.29, 1.82) is 0 Å². The van der Waals surface area contributed by atoms with E-state index in [0.717, 1.165) is 6.07 Å². The monoisotopic (exact) mass is 393 g/mol. The van der Waals surface area contributed by atoms with Crippen molar-refractivity contribution in [2.24, 2.45) is 5.92 Å². The van der Waals surface area contributed by atoms with Crippen LogP contribution in [0.5, 0.6) is 0 Å². The third kappa shape index (κ3) is 4.49. The van der Waals surface area contributed by atoms with Crippen LogP contribution < -0.4 is 0 Å². The average molecular weight is 393 g/mol. The van der Waals surface area contributed by atoms with Crippen LogP contribution in [-0.4, -0.2) is 39.0 Å². The molecule has 2 atom stereocenters. The van der Waals surface area contributed by atoms with Crippen molar-refractivity contribution >= 4 is 5.91 Å². The summed E-state index contributed by atoms with van der Waals surface area (Å²) in [5, 5.41) is 10.4. The summed E-state index contributed by atoms with van der Waals surface area (Å²) in [6, 6.07) is 4.49. The van der Waals surface area contributed by atoms with Crippen molar-refractivity contribution in [3.8, 4) is 0 Å². The predicted molar refractivity (Wildman–Crippen MR) is 96.2 cm³/mol. The second-order valence-corrected chi connectivity index (χ2v) is 7.03. The van der Waals surface area contributed by atoms with Crippen molar-refractivity contribution < 1.29 is 23.1 Å². The third-order valence-electron chi connectivity index (χ3n) is 4.92. The first-order valence-electron chi connectivity index (χ1n) is 9.21. The van der Waals surface area contributed by atoms with Crippen LogP contribution >= 0.6 is 0 Å². The van der Waals surface area contributed by atoms with E-state index < -0.39 is 23.9 Å². The lowest BCUT2D eigenvalue weighted by atomic mass is 10.0. The highest BCUT2D eigenvalue weighted by Crippen LogP contribution is 2.33. The first-order chi connectivity index (χ1) is 13.3. The Bertz CT molecular complexity index is 827. The lowest BCUT2D eigenvalue weighted by molar-refractivity contribution is -0.141. The minimum Gasteiger partial charge on any atom is -0.386 e. The summed E-state index contributed by atoms with van der Waals surface area (Å²) in [6.45, 7) is 2.52. The van der Waals surface area contributed by atoms with Gasteiger partial charge in [-0.25, -0.2) is 0 Å². The molecule has 2 heterocycles. The van der Waals surface area contributed by atoms with Gasteiger partial charge in [-0.05, 0) is 42.5 Å². The molecule has 0 bridgehead atoms. The quantitative estimate of drug-likeness (QED) is 0.819. The number of rotatable bonds is 6. The van der Waals surface area contributed by atoms with Crippen LogP contribution in [-0.2, 0) is 23.8 Å². The molecule has 0 aromatic carbocycles. The van der Waals surface area contributed by atoms with E-state index in [4.69, 9.17) is 0 Å². The van der Waals surface area contributed by atoms with E-state index in [1.54, 1.807) is 29.4 Å². The second-order valence-electron chi connectivity index (χ2n) is 7.03. The van der Waals surface area contributed by atoms with Gasteiger partial charge in [-0.15, -0.1) is 0 Å². The summed E-state index contributed by atoms with van der Waals surface area (Å²) in [5.41, 5.74) is 0.877. The molecule has 1 N–H and O–H groups in total. The summed E-state index contributed by atoms with van der Waals surface area (Å²) in [5.74, 6) is -0.595. The van der Waals surface area contributed by atoms with Crippen molar-refractivity contribution in [1.82, 2.24) is 14.9 Å². The fourth-order valence-corrected chi connectivity index (χ4v) is 3.54. The Balaban J connectivity index is 1.71. The molecule has 0 saturated carbocycles. The molecular formula is C20H22F3N3O2. The minimum absolute atomic E-state index is 0.122. The van der Waals surface area contributed by atoms with Crippen molar-refractivity contribution in [2.75, 3.05) is 13.1 Å². The van der Waals surface area contributed by atoms with Gasteiger partial charge in [0.05, 0.1) is 12.6 Å². The average Bonchev–Trinajstić information content (AvgIpc) is 3.10. The number of aliphatic hydroxyl groups excluding tert-OH is 1. The molecule has 0 radical (unpaired) electrons. The molecule has 0 fully saturated rings. The second kappa shape index (κ2) is 8.26. The summed E-state index contributed by atoms with van der Waals surface area (Å²) in [7, 11) is 0. The number of amides is 1. The number of hydrogen-bond donors (Lipinski definition) is 1. The summed E-state index contributed by atoms with van der Waals surface area (Å²) >= 11 is 0. The molecule has 1 aliphatic carbocycles. The van der Waals surface area contributed by atoms with E-state index in [-0.39, 0.29) is 18.9 Å². The Hall–Kier alpha value is -2.48. The number of aliphatic hydroxyl groups is 1. The number of halogens is 3. The molecule has 2 unspecified atom stereocenters. The van der Waals surface area contributed by atoms with E-state index in [1.165, 1.54) is 6.20 Å². The highest BCUT2D eigenvalue weighted by molar-refractivity contribution is 5.80.